The highest BCUT2D eigenvalue weighted by Gasteiger charge is 2.20. The van der Waals surface area contributed by atoms with E-state index in [0.717, 1.165) is 49.8 Å². The van der Waals surface area contributed by atoms with Crippen LogP contribution >= 0.6 is 0 Å². The summed E-state index contributed by atoms with van der Waals surface area (Å²) in [7, 11) is 0. The van der Waals surface area contributed by atoms with E-state index in [1.54, 1.807) is 0 Å². The standard InChI is InChI=1S/C54H35NO/c1-2-14-40(15-3-1)53-45-18-7-5-13-37(45)28-33-46(53)39-26-31-42(32-27-39)55(41-29-24-38(25-30-41)44-20-10-16-36-12-4-6-17-43(36)44)51-22-11-21-49-47(51)34-35-50-48-19-8-9-23-52(48)56-54(49)50/h1-35H. The van der Waals surface area contributed by atoms with Gasteiger partial charge in [0.25, 0.3) is 0 Å². The Morgan fingerprint density at radius 1 is 0.304 bits per heavy atom. The zero-order chi connectivity index (χ0) is 37.0. The van der Waals surface area contributed by atoms with Gasteiger partial charge in [-0.3, -0.25) is 0 Å². The van der Waals surface area contributed by atoms with Gasteiger partial charge in [0.1, 0.15) is 11.2 Å². The van der Waals surface area contributed by atoms with Crippen LogP contribution in [0.3, 0.4) is 0 Å². The van der Waals surface area contributed by atoms with Crippen molar-refractivity contribution in [3.8, 4) is 33.4 Å². The number of hydrogen-bond acceptors (Lipinski definition) is 2. The summed E-state index contributed by atoms with van der Waals surface area (Å²) in [6.07, 6.45) is 0. The van der Waals surface area contributed by atoms with Crippen molar-refractivity contribution in [1.82, 2.24) is 0 Å². The van der Waals surface area contributed by atoms with Gasteiger partial charge in [-0.1, -0.05) is 170 Å². The Kier molecular flexibility index (Phi) is 7.53. The molecule has 0 unspecified atom stereocenters. The zero-order valence-electron chi connectivity index (χ0n) is 30.6. The Morgan fingerprint density at radius 3 is 1.62 bits per heavy atom. The average molecular weight is 714 g/mol. The molecule has 0 aliphatic rings. The number of para-hydroxylation sites is 1. The van der Waals surface area contributed by atoms with E-state index < -0.39 is 0 Å². The Balaban J connectivity index is 1.08. The van der Waals surface area contributed by atoms with Crippen LogP contribution in [0.1, 0.15) is 0 Å². The number of nitrogens with zero attached hydrogens (tertiary/aromatic N) is 1. The van der Waals surface area contributed by atoms with E-state index in [-0.39, 0.29) is 0 Å². The minimum atomic E-state index is 0.903. The molecule has 0 saturated heterocycles. The fourth-order valence-corrected chi connectivity index (χ4v) is 8.63. The van der Waals surface area contributed by atoms with Crippen molar-refractivity contribution >= 4 is 71.3 Å². The number of anilines is 3. The molecule has 56 heavy (non-hydrogen) atoms. The van der Waals surface area contributed by atoms with E-state index in [0.29, 0.717) is 0 Å². The third kappa shape index (κ3) is 5.26. The zero-order valence-corrected chi connectivity index (χ0v) is 30.6. The fourth-order valence-electron chi connectivity index (χ4n) is 8.63. The summed E-state index contributed by atoms with van der Waals surface area (Å²) in [4.78, 5) is 2.38. The third-order valence-corrected chi connectivity index (χ3v) is 11.3. The Hall–Kier alpha value is -7.42. The van der Waals surface area contributed by atoms with Crippen LogP contribution in [-0.2, 0) is 0 Å². The highest BCUT2D eigenvalue weighted by Crippen LogP contribution is 2.44. The summed E-state index contributed by atoms with van der Waals surface area (Å²) in [5.74, 6) is 0. The van der Waals surface area contributed by atoms with Crippen molar-refractivity contribution in [3.05, 3.63) is 212 Å². The first-order valence-electron chi connectivity index (χ1n) is 19.2. The van der Waals surface area contributed by atoms with Crippen LogP contribution in [-0.4, -0.2) is 0 Å². The van der Waals surface area contributed by atoms with Crippen LogP contribution in [0.4, 0.5) is 17.1 Å². The van der Waals surface area contributed by atoms with Gasteiger partial charge in [-0.2, -0.15) is 0 Å². The molecule has 0 atom stereocenters. The topological polar surface area (TPSA) is 16.4 Å². The monoisotopic (exact) mass is 713 g/mol. The van der Waals surface area contributed by atoms with Crippen LogP contribution in [0.15, 0.2) is 217 Å². The maximum atomic E-state index is 6.54. The van der Waals surface area contributed by atoms with E-state index in [1.807, 2.05) is 6.07 Å². The van der Waals surface area contributed by atoms with E-state index in [2.05, 4.69) is 211 Å². The van der Waals surface area contributed by atoms with Crippen molar-refractivity contribution < 1.29 is 4.42 Å². The van der Waals surface area contributed by atoms with Crippen molar-refractivity contribution in [2.75, 3.05) is 4.90 Å². The molecular formula is C54H35NO. The molecular weight excluding hydrogens is 679 g/mol. The molecule has 0 amide bonds. The van der Waals surface area contributed by atoms with Gasteiger partial charge in [-0.05, 0) is 97.4 Å². The highest BCUT2D eigenvalue weighted by atomic mass is 16.3. The minimum Gasteiger partial charge on any atom is -0.455 e. The summed E-state index contributed by atoms with van der Waals surface area (Å²) in [5, 5.41) is 9.46. The fraction of sp³-hybridized carbons (Fsp3) is 0. The normalized spacial score (nSPS) is 11.6. The molecule has 2 nitrogen and oxygen atoms in total. The van der Waals surface area contributed by atoms with Crippen molar-refractivity contribution in [3.63, 3.8) is 0 Å². The lowest BCUT2D eigenvalue weighted by molar-refractivity contribution is 0.672. The predicted octanol–water partition coefficient (Wildman–Crippen LogP) is 15.5. The molecule has 0 spiro atoms. The lowest BCUT2D eigenvalue weighted by Crippen LogP contribution is -2.10. The smallest absolute Gasteiger partial charge is 0.143 e. The average Bonchev–Trinajstić information content (AvgIpc) is 3.66. The molecule has 0 radical (unpaired) electrons. The molecule has 262 valence electrons. The largest absolute Gasteiger partial charge is 0.455 e. The molecule has 0 aliphatic carbocycles. The Morgan fingerprint density at radius 2 is 0.857 bits per heavy atom. The first-order chi connectivity index (χ1) is 27.8. The second-order valence-electron chi connectivity index (χ2n) is 14.4. The third-order valence-electron chi connectivity index (χ3n) is 11.3. The number of furan rings is 1. The van der Waals surface area contributed by atoms with E-state index in [4.69, 9.17) is 4.42 Å². The molecule has 2 heteroatoms. The molecule has 11 aromatic rings. The summed E-state index contributed by atoms with van der Waals surface area (Å²) in [5.41, 5.74) is 12.3. The highest BCUT2D eigenvalue weighted by molar-refractivity contribution is 6.17. The predicted molar refractivity (Wildman–Crippen MR) is 237 cm³/mol. The van der Waals surface area contributed by atoms with Gasteiger partial charge in [0.15, 0.2) is 0 Å². The van der Waals surface area contributed by atoms with E-state index >= 15 is 0 Å². The molecule has 1 aromatic heterocycles. The van der Waals surface area contributed by atoms with Gasteiger partial charge in [-0.15, -0.1) is 0 Å². The van der Waals surface area contributed by atoms with Crippen LogP contribution in [0.2, 0.25) is 0 Å². The maximum Gasteiger partial charge on any atom is 0.143 e. The first-order valence-corrected chi connectivity index (χ1v) is 19.2. The number of fused-ring (bicyclic) bond motifs is 7. The molecule has 0 saturated carbocycles. The summed E-state index contributed by atoms with van der Waals surface area (Å²) in [6, 6.07) is 76.5. The SMILES string of the molecule is c1ccc(-c2c(-c3ccc(N(c4ccc(-c5cccc6ccccc56)cc4)c4cccc5c4ccc4c6ccccc6oc54)cc3)ccc3ccccc23)cc1. The number of benzene rings is 10. The maximum absolute atomic E-state index is 6.54. The Bertz CT molecular complexity index is 3230. The van der Waals surface area contributed by atoms with Crippen molar-refractivity contribution in [2.45, 2.75) is 0 Å². The van der Waals surface area contributed by atoms with Crippen LogP contribution in [0.5, 0.6) is 0 Å². The second-order valence-corrected chi connectivity index (χ2v) is 14.4. The van der Waals surface area contributed by atoms with Gasteiger partial charge >= 0.3 is 0 Å². The number of hydrogen-bond donors (Lipinski definition) is 0. The van der Waals surface area contributed by atoms with Gasteiger partial charge in [-0.25, -0.2) is 0 Å². The van der Waals surface area contributed by atoms with E-state index in [1.165, 1.54) is 54.9 Å². The molecule has 0 N–H and O–H groups in total. The molecule has 10 aromatic carbocycles. The van der Waals surface area contributed by atoms with Crippen molar-refractivity contribution in [2.24, 2.45) is 0 Å². The lowest BCUT2D eigenvalue weighted by Gasteiger charge is -2.27. The molecule has 1 heterocycles. The second kappa shape index (κ2) is 13.2. The van der Waals surface area contributed by atoms with Crippen LogP contribution < -0.4 is 4.90 Å². The molecule has 0 fully saturated rings. The summed E-state index contributed by atoms with van der Waals surface area (Å²) < 4.78 is 6.54. The lowest BCUT2D eigenvalue weighted by atomic mass is 9.90. The molecule has 0 bridgehead atoms. The van der Waals surface area contributed by atoms with Gasteiger partial charge in [0.2, 0.25) is 0 Å². The van der Waals surface area contributed by atoms with Crippen LogP contribution in [0.25, 0.3) is 87.6 Å². The first kappa shape index (κ1) is 32.0. The van der Waals surface area contributed by atoms with E-state index in [9.17, 15) is 0 Å². The van der Waals surface area contributed by atoms with Crippen LogP contribution in [0, 0.1) is 0 Å². The van der Waals surface area contributed by atoms with Gasteiger partial charge in [0, 0.05) is 32.9 Å². The van der Waals surface area contributed by atoms with Crippen molar-refractivity contribution in [1.29, 1.82) is 0 Å². The Labute approximate surface area is 325 Å². The van der Waals surface area contributed by atoms with Gasteiger partial charge in [0.05, 0.1) is 5.69 Å². The summed E-state index contributed by atoms with van der Waals surface area (Å²) in [6.45, 7) is 0. The molecule has 11 rings (SSSR count). The summed E-state index contributed by atoms with van der Waals surface area (Å²) >= 11 is 0. The number of rotatable bonds is 6. The van der Waals surface area contributed by atoms with Gasteiger partial charge < -0.3 is 9.32 Å². The molecule has 0 aliphatic heterocycles. The quantitative estimate of drug-likeness (QED) is 0.171. The minimum absolute atomic E-state index is 0.903.